The van der Waals surface area contributed by atoms with Gasteiger partial charge in [-0.15, -0.1) is 0 Å². The monoisotopic (exact) mass is 274 g/mol. The Hall–Kier alpha value is 0. The molecule has 0 heterocycles. The zero-order valence-electron chi connectivity index (χ0n) is 14.0. The molecule has 0 bridgehead atoms. The van der Waals surface area contributed by atoms with Gasteiger partial charge in [-0.1, -0.05) is 40.0 Å². The first-order chi connectivity index (χ1) is 9.55. The molecule has 0 aromatic rings. The standard InChI is InChI=1S/C20H34/c1-14-13-19(2)11-6-8-17(19)16-10-9-15-7-4-5-12-20(15,3)18(14)16/h14-18H,4-13H2,1-3H3. The van der Waals surface area contributed by atoms with Crippen molar-refractivity contribution in [1.82, 2.24) is 0 Å². The Morgan fingerprint density at radius 1 is 0.850 bits per heavy atom. The molecular weight excluding hydrogens is 240 g/mol. The number of rotatable bonds is 0. The average molecular weight is 274 g/mol. The minimum atomic E-state index is 0.713. The summed E-state index contributed by atoms with van der Waals surface area (Å²) in [4.78, 5) is 0. The first kappa shape index (κ1) is 13.6. The molecule has 4 aliphatic rings. The highest BCUT2D eigenvalue weighted by Crippen LogP contribution is 2.67. The highest BCUT2D eigenvalue weighted by atomic mass is 14.6. The quantitative estimate of drug-likeness (QED) is 0.504. The van der Waals surface area contributed by atoms with Crippen LogP contribution >= 0.6 is 0 Å². The van der Waals surface area contributed by atoms with Crippen molar-refractivity contribution in [3.63, 3.8) is 0 Å². The summed E-state index contributed by atoms with van der Waals surface area (Å²) >= 11 is 0. The van der Waals surface area contributed by atoms with Crippen molar-refractivity contribution in [2.45, 2.75) is 85.0 Å². The van der Waals surface area contributed by atoms with Gasteiger partial charge in [0.05, 0.1) is 0 Å². The molecule has 0 N–H and O–H groups in total. The van der Waals surface area contributed by atoms with Crippen LogP contribution in [0.4, 0.5) is 0 Å². The van der Waals surface area contributed by atoms with Gasteiger partial charge in [0.25, 0.3) is 0 Å². The van der Waals surface area contributed by atoms with Crippen LogP contribution in [0.3, 0.4) is 0 Å². The van der Waals surface area contributed by atoms with Gasteiger partial charge >= 0.3 is 0 Å². The van der Waals surface area contributed by atoms with Crippen LogP contribution in [0, 0.1) is 40.4 Å². The third kappa shape index (κ3) is 1.72. The normalized spacial score (nSPS) is 58.6. The number of hydrogen-bond acceptors (Lipinski definition) is 0. The van der Waals surface area contributed by atoms with Gasteiger partial charge in [0, 0.05) is 0 Å². The van der Waals surface area contributed by atoms with Crippen LogP contribution in [0.5, 0.6) is 0 Å². The van der Waals surface area contributed by atoms with E-state index in [1.165, 1.54) is 25.7 Å². The van der Waals surface area contributed by atoms with Gasteiger partial charge < -0.3 is 0 Å². The van der Waals surface area contributed by atoms with Crippen LogP contribution in [0.15, 0.2) is 0 Å². The molecule has 0 radical (unpaired) electrons. The molecule has 114 valence electrons. The summed E-state index contributed by atoms with van der Waals surface area (Å²) in [6.45, 7) is 7.98. The lowest BCUT2D eigenvalue weighted by Gasteiger charge is -2.62. The Kier molecular flexibility index (Phi) is 3.07. The molecule has 0 aliphatic heterocycles. The van der Waals surface area contributed by atoms with Crippen molar-refractivity contribution in [2.24, 2.45) is 40.4 Å². The zero-order valence-corrected chi connectivity index (χ0v) is 14.0. The van der Waals surface area contributed by atoms with Gasteiger partial charge in [-0.25, -0.2) is 0 Å². The largest absolute Gasteiger partial charge is 0.0622 e. The van der Waals surface area contributed by atoms with E-state index in [0.29, 0.717) is 5.41 Å². The van der Waals surface area contributed by atoms with Crippen molar-refractivity contribution in [3.05, 3.63) is 0 Å². The Morgan fingerprint density at radius 3 is 2.55 bits per heavy atom. The van der Waals surface area contributed by atoms with Crippen molar-refractivity contribution in [1.29, 1.82) is 0 Å². The predicted octanol–water partition coefficient (Wildman–Crippen LogP) is 6.06. The van der Waals surface area contributed by atoms with Crippen LogP contribution in [0.2, 0.25) is 0 Å². The lowest BCUT2D eigenvalue weighted by atomic mass is 9.43. The van der Waals surface area contributed by atoms with E-state index in [1.54, 1.807) is 38.5 Å². The molecule has 0 amide bonds. The van der Waals surface area contributed by atoms with Crippen molar-refractivity contribution in [3.8, 4) is 0 Å². The van der Waals surface area contributed by atoms with E-state index in [-0.39, 0.29) is 0 Å². The lowest BCUT2D eigenvalue weighted by Crippen LogP contribution is -2.54. The first-order valence-electron chi connectivity index (χ1n) is 9.55. The second-order valence-electron chi connectivity index (χ2n) is 9.55. The molecule has 0 spiro atoms. The van der Waals surface area contributed by atoms with Crippen LogP contribution in [0.25, 0.3) is 0 Å². The minimum Gasteiger partial charge on any atom is -0.0622 e. The van der Waals surface area contributed by atoms with E-state index in [0.717, 1.165) is 35.0 Å². The smallest absolute Gasteiger partial charge is 0.0264 e. The van der Waals surface area contributed by atoms with E-state index in [1.807, 2.05) is 0 Å². The molecule has 4 aliphatic carbocycles. The van der Waals surface area contributed by atoms with Crippen LogP contribution in [0.1, 0.15) is 85.0 Å². The Labute approximate surface area is 126 Å². The van der Waals surface area contributed by atoms with Gasteiger partial charge in [-0.05, 0) is 85.4 Å². The van der Waals surface area contributed by atoms with Gasteiger partial charge in [0.15, 0.2) is 0 Å². The van der Waals surface area contributed by atoms with E-state index in [4.69, 9.17) is 0 Å². The molecule has 7 atom stereocenters. The second-order valence-corrected chi connectivity index (χ2v) is 9.55. The molecule has 20 heavy (non-hydrogen) atoms. The highest BCUT2D eigenvalue weighted by Gasteiger charge is 2.59. The molecule has 0 nitrogen and oxygen atoms in total. The highest BCUT2D eigenvalue weighted by molar-refractivity contribution is 5.08. The van der Waals surface area contributed by atoms with Crippen LogP contribution in [-0.2, 0) is 0 Å². The lowest BCUT2D eigenvalue weighted by molar-refractivity contribution is -0.130. The van der Waals surface area contributed by atoms with Gasteiger partial charge in [0.1, 0.15) is 0 Å². The molecule has 4 rings (SSSR count). The molecular formula is C20H34. The van der Waals surface area contributed by atoms with Crippen LogP contribution in [-0.4, -0.2) is 0 Å². The molecule has 0 saturated heterocycles. The van der Waals surface area contributed by atoms with Gasteiger partial charge in [-0.2, -0.15) is 0 Å². The van der Waals surface area contributed by atoms with E-state index in [9.17, 15) is 0 Å². The SMILES string of the molecule is CC1CC2(C)CCCC2C2CCC3CCCCC3(C)C12. The molecule has 0 heteroatoms. The van der Waals surface area contributed by atoms with Crippen molar-refractivity contribution >= 4 is 0 Å². The topological polar surface area (TPSA) is 0 Å². The summed E-state index contributed by atoms with van der Waals surface area (Å²) in [7, 11) is 0. The second kappa shape index (κ2) is 4.50. The molecule has 0 aromatic carbocycles. The summed E-state index contributed by atoms with van der Waals surface area (Å²) in [5.41, 5.74) is 1.43. The van der Waals surface area contributed by atoms with E-state index >= 15 is 0 Å². The minimum absolute atomic E-state index is 0.713. The molecule has 4 fully saturated rings. The summed E-state index contributed by atoms with van der Waals surface area (Å²) in [5.74, 6) is 5.31. The maximum Gasteiger partial charge on any atom is -0.0264 e. The molecule has 4 saturated carbocycles. The summed E-state index contributed by atoms with van der Waals surface area (Å²) in [5, 5.41) is 0. The maximum absolute atomic E-state index is 2.71. The Balaban J connectivity index is 1.69. The molecule has 0 aromatic heterocycles. The first-order valence-corrected chi connectivity index (χ1v) is 9.55. The van der Waals surface area contributed by atoms with Gasteiger partial charge in [-0.3, -0.25) is 0 Å². The number of hydrogen-bond donors (Lipinski definition) is 0. The van der Waals surface area contributed by atoms with Crippen molar-refractivity contribution in [2.75, 3.05) is 0 Å². The Morgan fingerprint density at radius 2 is 1.70 bits per heavy atom. The maximum atomic E-state index is 2.71. The average Bonchev–Trinajstić information content (AvgIpc) is 2.78. The molecule has 7 unspecified atom stereocenters. The van der Waals surface area contributed by atoms with E-state index < -0.39 is 0 Å². The summed E-state index contributed by atoms with van der Waals surface area (Å²) < 4.78 is 0. The Bertz CT molecular complexity index is 385. The summed E-state index contributed by atoms with van der Waals surface area (Å²) in [6, 6.07) is 0. The third-order valence-electron chi connectivity index (χ3n) is 8.60. The third-order valence-corrected chi connectivity index (χ3v) is 8.60. The van der Waals surface area contributed by atoms with Gasteiger partial charge in [0.2, 0.25) is 0 Å². The van der Waals surface area contributed by atoms with Crippen molar-refractivity contribution < 1.29 is 0 Å². The predicted molar refractivity (Wildman–Crippen MR) is 85.5 cm³/mol. The van der Waals surface area contributed by atoms with Crippen LogP contribution < -0.4 is 0 Å². The zero-order chi connectivity index (χ0) is 14.0. The fourth-order valence-corrected chi connectivity index (χ4v) is 8.04. The fourth-order valence-electron chi connectivity index (χ4n) is 8.04. The number of fused-ring (bicyclic) bond motifs is 5. The summed E-state index contributed by atoms with van der Waals surface area (Å²) in [6.07, 6.45) is 15.4. The van der Waals surface area contributed by atoms with E-state index in [2.05, 4.69) is 20.8 Å². The fraction of sp³-hybridized carbons (Fsp3) is 1.00.